The van der Waals surface area contributed by atoms with E-state index in [-0.39, 0.29) is 83.9 Å². The summed E-state index contributed by atoms with van der Waals surface area (Å²) in [5.74, 6) is -3.24. The highest BCUT2D eigenvalue weighted by Gasteiger charge is 2.20. The van der Waals surface area contributed by atoms with E-state index in [0.29, 0.717) is 0 Å². The number of rotatable bonds is 17. The van der Waals surface area contributed by atoms with Crippen molar-refractivity contribution in [2.24, 2.45) is 0 Å². The van der Waals surface area contributed by atoms with Crippen molar-refractivity contribution in [1.82, 2.24) is 39.4 Å². The van der Waals surface area contributed by atoms with Gasteiger partial charge in [0.25, 0.3) is 23.6 Å². The fourth-order valence-electron chi connectivity index (χ4n) is 5.24. The van der Waals surface area contributed by atoms with Crippen LogP contribution in [-0.4, -0.2) is 91.6 Å². The summed E-state index contributed by atoms with van der Waals surface area (Å²) >= 11 is 0. The number of hydrogen-bond donors (Lipinski definition) is 2. The van der Waals surface area contributed by atoms with Crippen molar-refractivity contribution in [1.29, 1.82) is 0 Å². The Balaban J connectivity index is 1.41. The topological polar surface area (TPSA) is 279 Å². The van der Waals surface area contributed by atoms with Crippen LogP contribution in [0.4, 0.5) is 0 Å². The molecule has 4 rings (SSSR count). The minimum Gasteiger partial charge on any atom is -0.803 e. The molecule has 2 N–H and O–H groups in total. The van der Waals surface area contributed by atoms with E-state index in [2.05, 4.69) is 10.6 Å². The van der Waals surface area contributed by atoms with Crippen molar-refractivity contribution >= 4 is 23.6 Å². The van der Waals surface area contributed by atoms with Crippen molar-refractivity contribution in [2.45, 2.75) is 25.7 Å². The van der Waals surface area contributed by atoms with Gasteiger partial charge in [0, 0.05) is 63.5 Å². The molecule has 0 unspecified atom stereocenters. The fraction of sp³-hybridized carbons (Fsp3) is 0.294. The summed E-state index contributed by atoms with van der Waals surface area (Å²) in [6, 6.07) is 13.6. The van der Waals surface area contributed by atoms with E-state index in [0.717, 1.165) is 36.4 Å². The Morgan fingerprint density at radius 3 is 1.06 bits per heavy atom. The molecular formula is C34H34N8O12-4. The third-order valence-corrected chi connectivity index (χ3v) is 8.01. The molecule has 0 aliphatic heterocycles. The summed E-state index contributed by atoms with van der Waals surface area (Å²) in [5.41, 5.74) is -5.53. The second kappa shape index (κ2) is 18.4. The number of aromatic nitrogens is 4. The van der Waals surface area contributed by atoms with E-state index < -0.39 is 68.6 Å². The van der Waals surface area contributed by atoms with Gasteiger partial charge < -0.3 is 60.2 Å². The van der Waals surface area contributed by atoms with Gasteiger partial charge in [0.2, 0.25) is 22.2 Å². The Bertz CT molecular complexity index is 2090. The molecule has 0 aliphatic rings. The average Bonchev–Trinajstić information content (AvgIpc) is 3.15. The smallest absolute Gasteiger partial charge is 0.270 e. The van der Waals surface area contributed by atoms with Crippen LogP contribution in [0.2, 0.25) is 0 Å². The third kappa shape index (κ3) is 9.80. The van der Waals surface area contributed by atoms with Crippen molar-refractivity contribution < 1.29 is 19.2 Å². The lowest BCUT2D eigenvalue weighted by Gasteiger charge is -2.27. The zero-order chi connectivity index (χ0) is 39.4. The Morgan fingerprint density at radius 2 is 0.722 bits per heavy atom. The molecule has 0 bridgehead atoms. The summed E-state index contributed by atoms with van der Waals surface area (Å²) in [7, 11) is 0. The monoisotopic (exact) mass is 746 g/mol. The van der Waals surface area contributed by atoms with Gasteiger partial charge in [0.1, 0.15) is 22.8 Å². The minimum atomic E-state index is -0.964. The highest BCUT2D eigenvalue weighted by molar-refractivity contribution is 5.94. The Hall–Kier alpha value is -7.12. The first-order valence-corrected chi connectivity index (χ1v) is 16.5. The summed E-state index contributed by atoms with van der Waals surface area (Å²) in [6.07, 6.45) is 0.685. The van der Waals surface area contributed by atoms with Crippen LogP contribution in [0.5, 0.6) is 0 Å². The lowest BCUT2D eigenvalue weighted by molar-refractivity contribution is 0.0709. The van der Waals surface area contributed by atoms with Crippen LogP contribution in [0.1, 0.15) is 67.6 Å². The molecule has 0 atom stereocenters. The first-order chi connectivity index (χ1) is 25.8. The van der Waals surface area contributed by atoms with E-state index in [4.69, 9.17) is 0 Å². The quantitative estimate of drug-likeness (QED) is 0.132. The Morgan fingerprint density at radius 1 is 0.444 bits per heavy atom. The van der Waals surface area contributed by atoms with Gasteiger partial charge in [-0.15, -0.1) is 0 Å². The number of carbonyl (C=O) groups is 4. The molecule has 54 heavy (non-hydrogen) atoms. The third-order valence-electron chi connectivity index (χ3n) is 8.01. The first-order valence-electron chi connectivity index (χ1n) is 16.5. The van der Waals surface area contributed by atoms with E-state index in [1.165, 1.54) is 46.2 Å². The maximum atomic E-state index is 13.4. The molecule has 4 aromatic heterocycles. The van der Waals surface area contributed by atoms with E-state index in [1.54, 1.807) is 0 Å². The highest BCUT2D eigenvalue weighted by atomic mass is 16.5. The second-order valence-corrected chi connectivity index (χ2v) is 11.7. The molecule has 0 fully saturated rings. The molecule has 0 spiro atoms. The predicted molar refractivity (Wildman–Crippen MR) is 193 cm³/mol. The van der Waals surface area contributed by atoms with Gasteiger partial charge in [-0.05, 0) is 49.9 Å². The summed E-state index contributed by atoms with van der Waals surface area (Å²) in [6.45, 7) is -0.164. The molecule has 4 aromatic rings. The van der Waals surface area contributed by atoms with Gasteiger partial charge >= 0.3 is 0 Å². The standard InChI is InChI=1S/C34H34N8O12/c43-27-13-3-9-23(39(27)51)31(47)35-17-7-21-37(33(49)25-11-5-15-29(45)41(25)53)19-1-2-20-38(34(50)26-12-6-16-30(46)42(26)54)22-8-18-36-32(48)24-10-4-14-28(44)40(24)52/h3-6,9-16H,1-2,7-8,17-22H2,(H,35,47)(H,36,48)/q-4. The normalized spacial score (nSPS) is 10.7. The van der Waals surface area contributed by atoms with Crippen LogP contribution in [-0.2, 0) is 0 Å². The molecule has 0 radical (unpaired) electrons. The van der Waals surface area contributed by atoms with E-state index in [9.17, 15) is 59.2 Å². The maximum absolute atomic E-state index is 13.4. The lowest BCUT2D eigenvalue weighted by Crippen LogP contribution is -2.39. The van der Waals surface area contributed by atoms with Crippen LogP contribution < -0.4 is 32.9 Å². The van der Waals surface area contributed by atoms with Gasteiger partial charge in [-0.3, -0.25) is 38.4 Å². The molecular weight excluding hydrogens is 712 g/mol. The maximum Gasteiger partial charge on any atom is 0.270 e. The molecule has 20 heteroatoms. The molecule has 0 saturated carbocycles. The number of hydrogen-bond acceptors (Lipinski definition) is 12. The van der Waals surface area contributed by atoms with Crippen LogP contribution >= 0.6 is 0 Å². The molecule has 286 valence electrons. The fourth-order valence-corrected chi connectivity index (χ4v) is 5.24. The van der Waals surface area contributed by atoms with Crippen LogP contribution in [0.15, 0.2) is 92.0 Å². The first kappa shape index (κ1) is 39.7. The molecule has 0 aromatic carbocycles. The Labute approximate surface area is 304 Å². The van der Waals surface area contributed by atoms with Crippen LogP contribution in [0.25, 0.3) is 0 Å². The molecule has 4 heterocycles. The SMILES string of the molecule is O=C(NCCCN(CCCCN(CCCNC(=O)c1cccc(=O)n1[O-])C(=O)c1cccc(=O)n1[O-])C(=O)c1cccc(=O)n1[O-])c1cccc(=O)n1[O-]. The largest absolute Gasteiger partial charge is 0.803 e. The second-order valence-electron chi connectivity index (χ2n) is 11.7. The Kier molecular flexibility index (Phi) is 13.5. The average molecular weight is 747 g/mol. The number of amides is 4. The summed E-state index contributed by atoms with van der Waals surface area (Å²) in [4.78, 5) is 101. The predicted octanol–water partition coefficient (Wildman–Crippen LogP) is -0.278. The molecule has 0 saturated heterocycles. The number of nitrogens with zero attached hydrogens (tertiary/aromatic N) is 6. The van der Waals surface area contributed by atoms with Crippen LogP contribution in [0.3, 0.4) is 0 Å². The minimum absolute atomic E-state index is 0.00167. The van der Waals surface area contributed by atoms with Gasteiger partial charge in [0.05, 0.1) is 0 Å². The number of carbonyl (C=O) groups excluding carboxylic acids is 4. The van der Waals surface area contributed by atoms with Crippen molar-refractivity contribution in [3.8, 4) is 0 Å². The van der Waals surface area contributed by atoms with Gasteiger partial charge in [0.15, 0.2) is 0 Å². The zero-order valence-corrected chi connectivity index (χ0v) is 28.6. The van der Waals surface area contributed by atoms with Crippen LogP contribution in [0, 0.1) is 20.8 Å². The summed E-state index contributed by atoms with van der Waals surface area (Å²) < 4.78 is -0.252. The molecule has 0 aliphatic carbocycles. The van der Waals surface area contributed by atoms with Crippen molar-refractivity contribution in [3.63, 3.8) is 0 Å². The van der Waals surface area contributed by atoms with Crippen molar-refractivity contribution in [3.05, 3.63) is 158 Å². The van der Waals surface area contributed by atoms with Gasteiger partial charge in [-0.1, -0.05) is 24.3 Å². The number of nitrogens with one attached hydrogen (secondary N) is 2. The summed E-state index contributed by atoms with van der Waals surface area (Å²) in [5, 5.41) is 53.6. The van der Waals surface area contributed by atoms with Crippen molar-refractivity contribution in [2.75, 3.05) is 39.3 Å². The van der Waals surface area contributed by atoms with Gasteiger partial charge in [-0.25, -0.2) is 0 Å². The number of unbranched alkanes of at least 4 members (excludes halogenated alkanes) is 1. The van der Waals surface area contributed by atoms with Gasteiger partial charge in [-0.2, -0.15) is 0 Å². The lowest BCUT2D eigenvalue weighted by atomic mass is 10.2. The number of pyridine rings is 4. The van der Waals surface area contributed by atoms with E-state index in [1.807, 2.05) is 0 Å². The zero-order valence-electron chi connectivity index (χ0n) is 28.6. The highest BCUT2D eigenvalue weighted by Crippen LogP contribution is 2.10. The molecule has 20 nitrogen and oxygen atoms in total. The van der Waals surface area contributed by atoms with E-state index >= 15 is 0 Å². The molecule has 4 amide bonds.